The number of nitrogens with one attached hydrogen (secondary N) is 2. The van der Waals surface area contributed by atoms with E-state index in [9.17, 15) is 8.42 Å². The topological polar surface area (TPSA) is 96.6 Å². The van der Waals surface area contributed by atoms with Crippen LogP contribution in [0.4, 0.5) is 0 Å². The molecule has 1 aromatic rings. The van der Waals surface area contributed by atoms with Crippen LogP contribution in [0.3, 0.4) is 0 Å². The minimum absolute atomic E-state index is 0.109. The predicted octanol–water partition coefficient (Wildman–Crippen LogP) is 0.770. The van der Waals surface area contributed by atoms with Gasteiger partial charge in [-0.3, -0.25) is 4.99 Å². The van der Waals surface area contributed by atoms with Gasteiger partial charge in [0.05, 0.1) is 5.75 Å². The summed E-state index contributed by atoms with van der Waals surface area (Å²) in [5, 5.41) is 13.1. The summed E-state index contributed by atoms with van der Waals surface area (Å²) in [7, 11) is -3.44. The minimum Gasteiger partial charge on any atom is -0.357 e. The number of nitrogens with zero attached hydrogens (tertiary/aromatic N) is 1. The maximum absolute atomic E-state index is 10.9. The Bertz CT molecular complexity index is 526. The molecule has 8 heteroatoms. The summed E-state index contributed by atoms with van der Waals surface area (Å²) < 4.78 is 21.8. The van der Waals surface area contributed by atoms with Gasteiger partial charge in [0.15, 0.2) is 5.96 Å². The first-order valence-electron chi connectivity index (χ1n) is 6.95. The molecule has 0 bridgehead atoms. The normalized spacial score (nSPS) is 14.0. The van der Waals surface area contributed by atoms with Gasteiger partial charge in [0.25, 0.3) is 0 Å². The van der Waals surface area contributed by atoms with Crippen molar-refractivity contribution < 1.29 is 8.42 Å². The molecule has 21 heavy (non-hydrogen) atoms. The second-order valence-electron chi connectivity index (χ2n) is 4.90. The Kier molecular flexibility index (Phi) is 7.69. The molecule has 0 saturated heterocycles. The van der Waals surface area contributed by atoms with Crippen LogP contribution >= 0.6 is 11.3 Å². The molecule has 0 aliphatic heterocycles. The first-order valence-corrected chi connectivity index (χ1v) is 9.55. The van der Waals surface area contributed by atoms with Crippen LogP contribution in [-0.2, 0) is 16.4 Å². The second kappa shape index (κ2) is 9.01. The van der Waals surface area contributed by atoms with Gasteiger partial charge in [0.1, 0.15) is 0 Å². The molecule has 0 spiro atoms. The molecule has 0 radical (unpaired) electrons. The lowest BCUT2D eigenvalue weighted by Gasteiger charge is -2.12. The zero-order valence-electron chi connectivity index (χ0n) is 12.5. The quantitative estimate of drug-likeness (QED) is 0.484. The van der Waals surface area contributed by atoms with Gasteiger partial charge in [-0.15, -0.1) is 11.3 Å². The fourth-order valence-electron chi connectivity index (χ4n) is 1.74. The van der Waals surface area contributed by atoms with Gasteiger partial charge in [-0.05, 0) is 30.7 Å². The van der Waals surface area contributed by atoms with Crippen molar-refractivity contribution in [3.63, 3.8) is 0 Å². The molecular weight excluding hydrogens is 308 g/mol. The third-order valence-electron chi connectivity index (χ3n) is 2.71. The fourth-order valence-corrected chi connectivity index (χ4v) is 2.99. The van der Waals surface area contributed by atoms with E-state index in [4.69, 9.17) is 5.14 Å². The third-order valence-corrected chi connectivity index (χ3v) is 4.39. The first kappa shape index (κ1) is 17.9. The monoisotopic (exact) mass is 332 g/mol. The zero-order chi connectivity index (χ0) is 15.7. The van der Waals surface area contributed by atoms with E-state index >= 15 is 0 Å². The van der Waals surface area contributed by atoms with Crippen LogP contribution in [0.25, 0.3) is 0 Å². The van der Waals surface area contributed by atoms with Crippen LogP contribution in [0.5, 0.6) is 0 Å². The lowest BCUT2D eigenvalue weighted by molar-refractivity contribution is 0.592. The lowest BCUT2D eigenvalue weighted by atomic mass is 10.1. The number of aliphatic imine (C=N–C) groups is 1. The summed E-state index contributed by atoms with van der Waals surface area (Å²) in [6.45, 7) is 5.77. The molecule has 0 aliphatic carbocycles. The number of thiophene rings is 1. The molecular formula is C13H24N4O2S2. The van der Waals surface area contributed by atoms with Crippen molar-refractivity contribution in [2.24, 2.45) is 16.0 Å². The van der Waals surface area contributed by atoms with E-state index in [0.29, 0.717) is 18.4 Å². The van der Waals surface area contributed by atoms with Crippen LogP contribution in [0.1, 0.15) is 18.7 Å². The molecule has 0 fully saturated rings. The second-order valence-corrected chi connectivity index (χ2v) is 7.67. The number of guanidine groups is 1. The van der Waals surface area contributed by atoms with Gasteiger partial charge in [0, 0.05) is 24.5 Å². The Balaban J connectivity index is 2.42. The SMILES string of the molecule is CCNC(=NCC(C)Cc1cccs1)NCCS(N)(=O)=O. The molecule has 1 heterocycles. The van der Waals surface area contributed by atoms with E-state index in [1.165, 1.54) is 4.88 Å². The maximum Gasteiger partial charge on any atom is 0.210 e. The fraction of sp³-hybridized carbons (Fsp3) is 0.615. The van der Waals surface area contributed by atoms with Gasteiger partial charge in [0.2, 0.25) is 10.0 Å². The molecule has 4 N–H and O–H groups in total. The molecule has 120 valence electrons. The molecule has 1 atom stereocenters. The van der Waals surface area contributed by atoms with Crippen molar-refractivity contribution in [2.45, 2.75) is 20.3 Å². The van der Waals surface area contributed by atoms with E-state index in [-0.39, 0.29) is 12.3 Å². The molecule has 1 aromatic heterocycles. The number of sulfonamides is 1. The van der Waals surface area contributed by atoms with E-state index < -0.39 is 10.0 Å². The lowest BCUT2D eigenvalue weighted by Crippen LogP contribution is -2.40. The largest absolute Gasteiger partial charge is 0.357 e. The smallest absolute Gasteiger partial charge is 0.210 e. The van der Waals surface area contributed by atoms with Crippen molar-refractivity contribution in [1.29, 1.82) is 0 Å². The average Bonchev–Trinajstić information content (AvgIpc) is 2.87. The summed E-state index contributed by atoms with van der Waals surface area (Å²) in [6, 6.07) is 4.18. The summed E-state index contributed by atoms with van der Waals surface area (Å²) in [6.07, 6.45) is 0.998. The van der Waals surface area contributed by atoms with Crippen LogP contribution in [0, 0.1) is 5.92 Å². The van der Waals surface area contributed by atoms with Crippen LogP contribution in [-0.4, -0.2) is 39.8 Å². The molecule has 1 unspecified atom stereocenters. The van der Waals surface area contributed by atoms with E-state index in [1.54, 1.807) is 11.3 Å². The van der Waals surface area contributed by atoms with Crippen molar-refractivity contribution >= 4 is 27.3 Å². The summed E-state index contributed by atoms with van der Waals surface area (Å²) >= 11 is 1.75. The van der Waals surface area contributed by atoms with Crippen LogP contribution in [0.15, 0.2) is 22.5 Å². The Morgan fingerprint density at radius 2 is 2.24 bits per heavy atom. The summed E-state index contributed by atoms with van der Waals surface area (Å²) in [5.74, 6) is 0.943. The Labute approximate surface area is 130 Å². The molecule has 0 amide bonds. The van der Waals surface area contributed by atoms with Crippen LogP contribution in [0.2, 0.25) is 0 Å². The Morgan fingerprint density at radius 3 is 2.81 bits per heavy atom. The molecule has 6 nitrogen and oxygen atoms in total. The molecule has 0 aromatic carbocycles. The molecule has 1 rings (SSSR count). The van der Waals surface area contributed by atoms with Gasteiger partial charge < -0.3 is 10.6 Å². The highest BCUT2D eigenvalue weighted by Gasteiger charge is 2.06. The van der Waals surface area contributed by atoms with E-state index in [2.05, 4.69) is 40.1 Å². The molecule has 0 saturated carbocycles. The van der Waals surface area contributed by atoms with Gasteiger partial charge in [-0.25, -0.2) is 13.6 Å². The highest BCUT2D eigenvalue weighted by atomic mass is 32.2. The van der Waals surface area contributed by atoms with Crippen molar-refractivity contribution in [1.82, 2.24) is 10.6 Å². The highest BCUT2D eigenvalue weighted by molar-refractivity contribution is 7.89. The van der Waals surface area contributed by atoms with Crippen LogP contribution < -0.4 is 15.8 Å². The highest BCUT2D eigenvalue weighted by Crippen LogP contribution is 2.14. The first-order chi connectivity index (χ1) is 9.90. The standard InChI is InChI=1S/C13H24N4O2S2/c1-3-15-13(16-6-8-21(14,18)19)17-10-11(2)9-12-5-4-7-20-12/h4-5,7,11H,3,6,8-10H2,1-2H3,(H2,14,18,19)(H2,15,16,17). The van der Waals surface area contributed by atoms with Crippen molar-refractivity contribution in [3.05, 3.63) is 22.4 Å². The van der Waals surface area contributed by atoms with E-state index in [1.807, 2.05) is 6.92 Å². The number of rotatable bonds is 8. The zero-order valence-corrected chi connectivity index (χ0v) is 14.1. The summed E-state index contributed by atoms with van der Waals surface area (Å²) in [4.78, 5) is 5.83. The maximum atomic E-state index is 10.9. The van der Waals surface area contributed by atoms with Gasteiger partial charge in [-0.2, -0.15) is 0 Å². The average molecular weight is 332 g/mol. The number of primary sulfonamides is 1. The van der Waals surface area contributed by atoms with Gasteiger partial charge >= 0.3 is 0 Å². The van der Waals surface area contributed by atoms with Crippen molar-refractivity contribution in [3.8, 4) is 0 Å². The minimum atomic E-state index is -3.44. The van der Waals surface area contributed by atoms with Crippen molar-refractivity contribution in [2.75, 3.05) is 25.4 Å². The predicted molar refractivity (Wildman–Crippen MR) is 89.1 cm³/mol. The number of hydrogen-bond acceptors (Lipinski definition) is 4. The molecule has 0 aliphatic rings. The summed E-state index contributed by atoms with van der Waals surface area (Å²) in [5.41, 5.74) is 0. The number of hydrogen-bond donors (Lipinski definition) is 3. The van der Waals surface area contributed by atoms with Gasteiger partial charge in [-0.1, -0.05) is 13.0 Å². The van der Waals surface area contributed by atoms with E-state index in [0.717, 1.165) is 13.0 Å². The number of nitrogens with two attached hydrogens (primary N) is 1. The Morgan fingerprint density at radius 1 is 1.48 bits per heavy atom. The third kappa shape index (κ3) is 8.69. The Hall–Kier alpha value is -1.12.